The van der Waals surface area contributed by atoms with Gasteiger partial charge in [0.05, 0.1) is 12.7 Å². The molecule has 1 aromatic rings. The molecule has 1 saturated heterocycles. The summed E-state index contributed by atoms with van der Waals surface area (Å²) in [6, 6.07) is 1.37. The van der Waals surface area contributed by atoms with E-state index >= 15 is 0 Å². The lowest BCUT2D eigenvalue weighted by Gasteiger charge is -2.32. The van der Waals surface area contributed by atoms with E-state index in [0.29, 0.717) is 24.3 Å². The van der Waals surface area contributed by atoms with Crippen molar-refractivity contribution < 1.29 is 33.4 Å². The number of methoxy groups -OCH3 is 1. The van der Waals surface area contributed by atoms with Gasteiger partial charge >= 0.3 is 5.97 Å². The van der Waals surface area contributed by atoms with Gasteiger partial charge in [0.25, 0.3) is 12.4 Å². The topological polar surface area (TPSA) is 126 Å². The van der Waals surface area contributed by atoms with E-state index in [1.54, 1.807) is 17.9 Å². The third kappa shape index (κ3) is 5.61. The molecule has 2 fully saturated rings. The SMILES string of the molecule is COC(=O)C1CCCN1C(=O)C1CCC(NC(=O)c2cc(C)oc2C)CC1.O=CO. The molecule has 1 aliphatic heterocycles. The summed E-state index contributed by atoms with van der Waals surface area (Å²) in [5.74, 6) is 0.863. The molecule has 2 aliphatic rings. The van der Waals surface area contributed by atoms with Crippen molar-refractivity contribution in [3.8, 4) is 0 Å². The van der Waals surface area contributed by atoms with E-state index in [-0.39, 0.29) is 36.2 Å². The van der Waals surface area contributed by atoms with E-state index in [4.69, 9.17) is 19.1 Å². The Balaban J connectivity index is 0.00000101. The summed E-state index contributed by atoms with van der Waals surface area (Å²) in [4.78, 5) is 47.2. The summed E-state index contributed by atoms with van der Waals surface area (Å²) < 4.78 is 10.2. The number of rotatable bonds is 4. The fourth-order valence-corrected chi connectivity index (χ4v) is 4.25. The molecular weight excluding hydrogens is 392 g/mol. The number of aryl methyl sites for hydroxylation is 2. The molecule has 0 bridgehead atoms. The summed E-state index contributed by atoms with van der Waals surface area (Å²) in [5.41, 5.74) is 0.573. The number of nitrogens with one attached hydrogen (secondary N) is 1. The lowest BCUT2D eigenvalue weighted by atomic mass is 9.85. The fraction of sp³-hybridized carbons (Fsp3) is 0.619. The Labute approximate surface area is 175 Å². The Morgan fingerprint density at radius 3 is 2.37 bits per heavy atom. The van der Waals surface area contributed by atoms with Gasteiger partial charge in [0.15, 0.2) is 0 Å². The van der Waals surface area contributed by atoms with E-state index in [0.717, 1.165) is 37.9 Å². The molecule has 2 amide bonds. The minimum Gasteiger partial charge on any atom is -0.483 e. The highest BCUT2D eigenvalue weighted by atomic mass is 16.5. The minimum atomic E-state index is -0.438. The summed E-state index contributed by atoms with van der Waals surface area (Å²) in [6.45, 7) is 3.97. The predicted octanol–water partition coefficient (Wildman–Crippen LogP) is 2.05. The molecule has 9 heteroatoms. The summed E-state index contributed by atoms with van der Waals surface area (Å²) in [7, 11) is 1.36. The van der Waals surface area contributed by atoms with E-state index in [1.807, 2.05) is 6.92 Å². The van der Waals surface area contributed by atoms with Crippen molar-refractivity contribution in [2.75, 3.05) is 13.7 Å². The predicted molar refractivity (Wildman–Crippen MR) is 107 cm³/mol. The smallest absolute Gasteiger partial charge is 0.328 e. The molecule has 2 N–H and O–H groups in total. The normalized spacial score (nSPS) is 23.2. The average Bonchev–Trinajstić information content (AvgIpc) is 3.34. The van der Waals surface area contributed by atoms with Gasteiger partial charge in [-0.25, -0.2) is 4.79 Å². The molecule has 0 spiro atoms. The van der Waals surface area contributed by atoms with Gasteiger partial charge < -0.3 is 24.5 Å². The number of furan rings is 1. The second-order valence-corrected chi connectivity index (χ2v) is 7.67. The molecule has 1 saturated carbocycles. The number of hydrogen-bond donors (Lipinski definition) is 2. The Bertz CT molecular complexity index is 765. The van der Waals surface area contributed by atoms with Crippen LogP contribution in [-0.2, 0) is 19.1 Å². The zero-order valence-electron chi connectivity index (χ0n) is 17.7. The number of amides is 2. The van der Waals surface area contributed by atoms with Crippen molar-refractivity contribution in [1.82, 2.24) is 10.2 Å². The highest BCUT2D eigenvalue weighted by molar-refractivity contribution is 5.95. The molecule has 1 atom stereocenters. The van der Waals surface area contributed by atoms with Crippen LogP contribution in [0, 0.1) is 19.8 Å². The maximum atomic E-state index is 12.8. The fourth-order valence-electron chi connectivity index (χ4n) is 4.25. The van der Waals surface area contributed by atoms with Gasteiger partial charge in [0.1, 0.15) is 17.6 Å². The Morgan fingerprint density at radius 2 is 1.83 bits per heavy atom. The van der Waals surface area contributed by atoms with E-state index in [9.17, 15) is 14.4 Å². The second-order valence-electron chi connectivity index (χ2n) is 7.67. The first-order chi connectivity index (χ1) is 14.3. The van der Waals surface area contributed by atoms with E-state index < -0.39 is 6.04 Å². The van der Waals surface area contributed by atoms with Crippen LogP contribution in [0.2, 0.25) is 0 Å². The van der Waals surface area contributed by atoms with Crippen molar-refractivity contribution >= 4 is 24.3 Å². The van der Waals surface area contributed by atoms with Gasteiger partial charge in [-0.1, -0.05) is 0 Å². The number of nitrogens with zero attached hydrogens (tertiary/aromatic N) is 1. The maximum Gasteiger partial charge on any atom is 0.328 e. The van der Waals surface area contributed by atoms with Crippen molar-refractivity contribution in [3.05, 3.63) is 23.2 Å². The van der Waals surface area contributed by atoms with Crippen LogP contribution in [-0.4, -0.2) is 60.0 Å². The van der Waals surface area contributed by atoms with Crippen LogP contribution in [0.5, 0.6) is 0 Å². The molecule has 9 nitrogen and oxygen atoms in total. The monoisotopic (exact) mass is 422 g/mol. The van der Waals surface area contributed by atoms with Crippen molar-refractivity contribution in [3.63, 3.8) is 0 Å². The Morgan fingerprint density at radius 1 is 1.20 bits per heavy atom. The lowest BCUT2D eigenvalue weighted by molar-refractivity contribution is -0.152. The van der Waals surface area contributed by atoms with Crippen molar-refractivity contribution in [2.45, 2.75) is 64.5 Å². The number of carbonyl (C=O) groups is 4. The zero-order valence-corrected chi connectivity index (χ0v) is 17.7. The first-order valence-corrected chi connectivity index (χ1v) is 10.2. The van der Waals surface area contributed by atoms with Gasteiger partial charge in [-0.15, -0.1) is 0 Å². The van der Waals surface area contributed by atoms with Crippen molar-refractivity contribution in [1.29, 1.82) is 0 Å². The Hall–Kier alpha value is -2.84. The minimum absolute atomic E-state index is 0.0500. The molecule has 0 aromatic carbocycles. The van der Waals surface area contributed by atoms with E-state index in [1.165, 1.54) is 7.11 Å². The molecular formula is C21H30N2O7. The molecule has 3 rings (SSSR count). The highest BCUT2D eigenvalue weighted by Gasteiger charge is 2.39. The third-order valence-corrected chi connectivity index (χ3v) is 5.71. The number of ether oxygens (including phenoxy) is 1. The molecule has 30 heavy (non-hydrogen) atoms. The molecule has 166 valence electrons. The molecule has 2 heterocycles. The Kier molecular flexibility index (Phi) is 8.44. The lowest BCUT2D eigenvalue weighted by Crippen LogP contribution is -2.46. The van der Waals surface area contributed by atoms with E-state index in [2.05, 4.69) is 5.32 Å². The van der Waals surface area contributed by atoms with Gasteiger partial charge in [-0.2, -0.15) is 0 Å². The average molecular weight is 422 g/mol. The van der Waals surface area contributed by atoms with Crippen LogP contribution in [0.3, 0.4) is 0 Å². The molecule has 0 radical (unpaired) electrons. The van der Waals surface area contributed by atoms with Crippen LogP contribution in [0.25, 0.3) is 0 Å². The summed E-state index contributed by atoms with van der Waals surface area (Å²) >= 11 is 0. The number of hydrogen-bond acceptors (Lipinski definition) is 6. The molecule has 1 aromatic heterocycles. The highest BCUT2D eigenvalue weighted by Crippen LogP contribution is 2.30. The second kappa shape index (κ2) is 10.8. The standard InChI is InChI=1S/C20H28N2O5.CH2O2/c1-12-11-16(13(2)27-12)18(23)21-15-8-6-14(7-9-15)19(24)22-10-4-5-17(22)20(25)26-3;2-1-3/h11,14-15,17H,4-10H2,1-3H3,(H,21,23);1H,(H,2,3). The number of carboxylic acid groups (broad SMARTS) is 1. The summed E-state index contributed by atoms with van der Waals surface area (Å²) in [6.07, 6.45) is 4.46. The van der Waals surface area contributed by atoms with Gasteiger partial charge in [-0.3, -0.25) is 14.4 Å². The van der Waals surface area contributed by atoms with Crippen LogP contribution < -0.4 is 5.32 Å². The van der Waals surface area contributed by atoms with Crippen LogP contribution in [0.1, 0.15) is 60.4 Å². The number of likely N-dealkylation sites (tertiary alicyclic amines) is 1. The first kappa shape index (κ1) is 23.4. The maximum absolute atomic E-state index is 12.8. The first-order valence-electron chi connectivity index (χ1n) is 10.2. The summed E-state index contributed by atoms with van der Waals surface area (Å²) in [5, 5.41) is 9.95. The van der Waals surface area contributed by atoms with Crippen LogP contribution >= 0.6 is 0 Å². The van der Waals surface area contributed by atoms with Gasteiger partial charge in [-0.05, 0) is 58.4 Å². The largest absolute Gasteiger partial charge is 0.483 e. The number of carbonyl (C=O) groups excluding carboxylic acids is 3. The zero-order chi connectivity index (χ0) is 22.3. The van der Waals surface area contributed by atoms with Gasteiger partial charge in [0.2, 0.25) is 5.91 Å². The van der Waals surface area contributed by atoms with Crippen LogP contribution in [0.15, 0.2) is 10.5 Å². The van der Waals surface area contributed by atoms with Crippen molar-refractivity contribution in [2.24, 2.45) is 5.92 Å². The third-order valence-electron chi connectivity index (χ3n) is 5.71. The van der Waals surface area contributed by atoms with Crippen LogP contribution in [0.4, 0.5) is 0 Å². The quantitative estimate of drug-likeness (QED) is 0.562. The molecule has 1 aliphatic carbocycles. The molecule has 1 unspecified atom stereocenters. The van der Waals surface area contributed by atoms with Gasteiger partial charge in [0, 0.05) is 18.5 Å². The number of esters is 1.